The molecule has 0 spiro atoms. The second-order valence-corrected chi connectivity index (χ2v) is 7.27. The Morgan fingerprint density at radius 1 is 1.07 bits per heavy atom. The fraction of sp³-hybridized carbons (Fsp3) is 0.217. The molecular formula is C23H20O5. The molecule has 0 N–H and O–H groups in total. The number of hydrogen-bond acceptors (Lipinski definition) is 5. The quantitative estimate of drug-likeness (QED) is 0.626. The van der Waals surface area contributed by atoms with Crippen molar-refractivity contribution in [3.8, 4) is 5.75 Å². The Hall–Kier alpha value is -3.34. The molecule has 1 aliphatic rings. The molecule has 4 rings (SSSR count). The van der Waals surface area contributed by atoms with Crippen molar-refractivity contribution in [3.05, 3.63) is 76.2 Å². The molecule has 0 saturated heterocycles. The molecule has 1 aliphatic heterocycles. The third kappa shape index (κ3) is 3.20. The first kappa shape index (κ1) is 18.0. The molecule has 0 atom stereocenters. The third-order valence-electron chi connectivity index (χ3n) is 4.80. The van der Waals surface area contributed by atoms with E-state index >= 15 is 0 Å². The number of ketones is 1. The molecule has 0 aliphatic carbocycles. The standard InChI is InChI=1S/C23H20O5/c1-14(19-13-21(24)23(2,3)28-19)10-11-26-15-8-9-17-20(12-15)27-18-7-5-4-6-16(18)22(17)25/h4-10,12-13H,11H2,1-3H3/b14-10+. The molecule has 0 amide bonds. The van der Waals surface area contributed by atoms with E-state index in [0.29, 0.717) is 40.1 Å². The third-order valence-corrected chi connectivity index (χ3v) is 4.80. The van der Waals surface area contributed by atoms with Crippen molar-refractivity contribution in [1.82, 2.24) is 0 Å². The SMILES string of the molecule is C/C(=C\COc1ccc2c(=O)c3ccccc3oc2c1)C1=CC(=O)C(C)(C)O1. The van der Waals surface area contributed by atoms with Gasteiger partial charge in [-0.05, 0) is 56.7 Å². The van der Waals surface area contributed by atoms with E-state index in [1.807, 2.05) is 25.1 Å². The van der Waals surface area contributed by atoms with Gasteiger partial charge in [-0.3, -0.25) is 9.59 Å². The molecule has 3 aromatic rings. The molecule has 28 heavy (non-hydrogen) atoms. The Bertz CT molecular complexity index is 1210. The zero-order chi connectivity index (χ0) is 19.9. The summed E-state index contributed by atoms with van der Waals surface area (Å²) in [6, 6.07) is 12.3. The van der Waals surface area contributed by atoms with Crippen molar-refractivity contribution < 1.29 is 18.7 Å². The van der Waals surface area contributed by atoms with Gasteiger partial charge in [0, 0.05) is 12.1 Å². The van der Waals surface area contributed by atoms with Crippen LogP contribution in [0.2, 0.25) is 0 Å². The number of para-hydroxylation sites is 1. The zero-order valence-electron chi connectivity index (χ0n) is 15.9. The Kier molecular flexibility index (Phi) is 4.30. The van der Waals surface area contributed by atoms with E-state index in [1.54, 1.807) is 44.2 Å². The van der Waals surface area contributed by atoms with Gasteiger partial charge >= 0.3 is 0 Å². The van der Waals surface area contributed by atoms with Crippen LogP contribution in [0.4, 0.5) is 0 Å². The molecule has 0 saturated carbocycles. The van der Waals surface area contributed by atoms with Crippen LogP contribution in [0.15, 0.2) is 75.2 Å². The van der Waals surface area contributed by atoms with Crippen molar-refractivity contribution in [2.24, 2.45) is 0 Å². The smallest absolute Gasteiger partial charge is 0.202 e. The molecule has 5 nitrogen and oxygen atoms in total. The monoisotopic (exact) mass is 376 g/mol. The maximum Gasteiger partial charge on any atom is 0.202 e. The average Bonchev–Trinajstić information content (AvgIpc) is 2.95. The van der Waals surface area contributed by atoms with Crippen molar-refractivity contribution in [2.45, 2.75) is 26.4 Å². The van der Waals surface area contributed by atoms with Gasteiger partial charge in [0.1, 0.15) is 29.3 Å². The van der Waals surface area contributed by atoms with E-state index in [4.69, 9.17) is 13.9 Å². The molecule has 0 fully saturated rings. The molecule has 0 bridgehead atoms. The van der Waals surface area contributed by atoms with Gasteiger partial charge in [0.05, 0.1) is 10.8 Å². The normalized spacial score (nSPS) is 16.3. The highest BCUT2D eigenvalue weighted by molar-refractivity contribution is 5.99. The van der Waals surface area contributed by atoms with Crippen LogP contribution >= 0.6 is 0 Å². The second-order valence-electron chi connectivity index (χ2n) is 7.27. The van der Waals surface area contributed by atoms with Gasteiger partial charge in [-0.25, -0.2) is 0 Å². The van der Waals surface area contributed by atoms with Gasteiger partial charge in [-0.15, -0.1) is 0 Å². The van der Waals surface area contributed by atoms with Crippen LogP contribution < -0.4 is 10.2 Å². The number of allylic oxidation sites excluding steroid dienone is 1. The lowest BCUT2D eigenvalue weighted by atomic mass is 10.1. The predicted molar refractivity (Wildman–Crippen MR) is 107 cm³/mol. The summed E-state index contributed by atoms with van der Waals surface area (Å²) in [4.78, 5) is 24.4. The summed E-state index contributed by atoms with van der Waals surface area (Å²) in [7, 11) is 0. The molecule has 5 heteroatoms. The fourth-order valence-corrected chi connectivity index (χ4v) is 3.08. The Morgan fingerprint density at radius 2 is 1.82 bits per heavy atom. The first-order valence-corrected chi connectivity index (χ1v) is 9.06. The van der Waals surface area contributed by atoms with Crippen LogP contribution in [0.1, 0.15) is 20.8 Å². The highest BCUT2D eigenvalue weighted by atomic mass is 16.5. The largest absolute Gasteiger partial charge is 0.489 e. The average molecular weight is 376 g/mol. The minimum atomic E-state index is -0.816. The Balaban J connectivity index is 1.54. The lowest BCUT2D eigenvalue weighted by molar-refractivity contribution is -0.126. The number of carbonyl (C=O) groups excluding carboxylic acids is 1. The topological polar surface area (TPSA) is 65.7 Å². The number of fused-ring (bicyclic) bond motifs is 2. The number of hydrogen-bond donors (Lipinski definition) is 0. The summed E-state index contributed by atoms with van der Waals surface area (Å²) in [5.74, 6) is 1.11. The highest BCUT2D eigenvalue weighted by Gasteiger charge is 2.35. The van der Waals surface area contributed by atoms with Crippen LogP contribution in [0.5, 0.6) is 5.75 Å². The zero-order valence-corrected chi connectivity index (χ0v) is 15.9. The van der Waals surface area contributed by atoms with Crippen LogP contribution in [0, 0.1) is 0 Å². The summed E-state index contributed by atoms with van der Waals surface area (Å²) in [5, 5.41) is 1.08. The molecule has 2 aromatic carbocycles. The Morgan fingerprint density at radius 3 is 2.57 bits per heavy atom. The van der Waals surface area contributed by atoms with Crippen molar-refractivity contribution in [1.29, 1.82) is 0 Å². The Labute approximate surface area is 161 Å². The van der Waals surface area contributed by atoms with E-state index in [9.17, 15) is 9.59 Å². The lowest BCUT2D eigenvalue weighted by Gasteiger charge is -2.18. The molecule has 0 unspecified atom stereocenters. The van der Waals surface area contributed by atoms with Crippen LogP contribution in [0.3, 0.4) is 0 Å². The van der Waals surface area contributed by atoms with Gasteiger partial charge in [-0.1, -0.05) is 12.1 Å². The predicted octanol–water partition coefficient (Wildman–Crippen LogP) is 4.53. The number of rotatable bonds is 4. The fourth-order valence-electron chi connectivity index (χ4n) is 3.08. The van der Waals surface area contributed by atoms with Crippen LogP contribution in [0.25, 0.3) is 21.9 Å². The summed E-state index contributed by atoms with van der Waals surface area (Å²) < 4.78 is 17.3. The van der Waals surface area contributed by atoms with Gasteiger partial charge in [0.25, 0.3) is 0 Å². The van der Waals surface area contributed by atoms with Gasteiger partial charge < -0.3 is 13.9 Å². The number of benzene rings is 2. The van der Waals surface area contributed by atoms with Crippen LogP contribution in [-0.4, -0.2) is 18.0 Å². The van der Waals surface area contributed by atoms with Crippen molar-refractivity contribution in [2.75, 3.05) is 6.61 Å². The minimum Gasteiger partial charge on any atom is -0.489 e. The maximum absolute atomic E-state index is 12.6. The summed E-state index contributed by atoms with van der Waals surface area (Å²) in [5.41, 5.74) is 0.986. The summed E-state index contributed by atoms with van der Waals surface area (Å²) in [6.07, 6.45) is 3.36. The lowest BCUT2D eigenvalue weighted by Crippen LogP contribution is -2.27. The molecule has 2 heterocycles. The summed E-state index contributed by atoms with van der Waals surface area (Å²) in [6.45, 7) is 5.66. The molecule has 142 valence electrons. The first-order chi connectivity index (χ1) is 13.3. The minimum absolute atomic E-state index is 0.0482. The maximum atomic E-state index is 12.6. The number of carbonyl (C=O) groups is 1. The molecular weight excluding hydrogens is 356 g/mol. The van der Waals surface area contributed by atoms with E-state index in [1.165, 1.54) is 6.08 Å². The highest BCUT2D eigenvalue weighted by Crippen LogP contribution is 2.28. The first-order valence-electron chi connectivity index (χ1n) is 9.06. The van der Waals surface area contributed by atoms with Crippen molar-refractivity contribution in [3.63, 3.8) is 0 Å². The van der Waals surface area contributed by atoms with E-state index < -0.39 is 5.60 Å². The molecule has 0 radical (unpaired) electrons. The molecule has 1 aromatic heterocycles. The van der Waals surface area contributed by atoms with Gasteiger partial charge in [-0.2, -0.15) is 0 Å². The van der Waals surface area contributed by atoms with E-state index in [-0.39, 0.29) is 11.2 Å². The van der Waals surface area contributed by atoms with Gasteiger partial charge in [0.15, 0.2) is 5.60 Å². The second kappa shape index (κ2) is 6.68. The van der Waals surface area contributed by atoms with E-state index in [0.717, 1.165) is 5.57 Å². The van der Waals surface area contributed by atoms with Crippen molar-refractivity contribution >= 4 is 27.7 Å². The van der Waals surface area contributed by atoms with Crippen LogP contribution in [-0.2, 0) is 9.53 Å². The number of ether oxygens (including phenoxy) is 2. The van der Waals surface area contributed by atoms with Gasteiger partial charge in [0.2, 0.25) is 11.2 Å². The van der Waals surface area contributed by atoms with E-state index in [2.05, 4.69) is 0 Å². The summed E-state index contributed by atoms with van der Waals surface area (Å²) >= 11 is 0.